The van der Waals surface area contributed by atoms with Crippen molar-refractivity contribution in [3.8, 4) is 0 Å². The van der Waals surface area contributed by atoms with E-state index in [0.29, 0.717) is 6.54 Å². The van der Waals surface area contributed by atoms with Crippen LogP contribution in [0, 0.1) is 6.92 Å². The summed E-state index contributed by atoms with van der Waals surface area (Å²) in [6.45, 7) is 6.08. The van der Waals surface area contributed by atoms with E-state index in [-0.39, 0.29) is 5.91 Å². The van der Waals surface area contributed by atoms with Crippen molar-refractivity contribution < 1.29 is 4.79 Å². The van der Waals surface area contributed by atoms with E-state index in [1.54, 1.807) is 11.3 Å². The monoisotopic (exact) mass is 366 g/mol. The molecule has 3 aromatic rings. The highest BCUT2D eigenvalue weighted by atomic mass is 32.1. The zero-order chi connectivity index (χ0) is 17.9. The molecule has 2 heterocycles. The molecule has 26 heavy (non-hydrogen) atoms. The van der Waals surface area contributed by atoms with Gasteiger partial charge >= 0.3 is 0 Å². The van der Waals surface area contributed by atoms with E-state index >= 15 is 0 Å². The summed E-state index contributed by atoms with van der Waals surface area (Å²) in [5.74, 6) is 0.0419. The predicted octanol–water partition coefficient (Wildman–Crippen LogP) is 3.37. The lowest BCUT2D eigenvalue weighted by molar-refractivity contribution is -0.117. The Balaban J connectivity index is 1.33. The van der Waals surface area contributed by atoms with Gasteiger partial charge in [-0.05, 0) is 30.7 Å². The van der Waals surface area contributed by atoms with Gasteiger partial charge < -0.3 is 10.2 Å². The number of piperazine rings is 1. The van der Waals surface area contributed by atoms with Crippen LogP contribution in [0.2, 0.25) is 0 Å². The van der Waals surface area contributed by atoms with Crippen molar-refractivity contribution in [1.82, 2.24) is 9.88 Å². The molecule has 0 bridgehead atoms. The molecule has 1 saturated heterocycles. The van der Waals surface area contributed by atoms with Gasteiger partial charge in [-0.15, -0.1) is 0 Å². The second-order valence-electron chi connectivity index (χ2n) is 6.60. The Morgan fingerprint density at radius 2 is 1.85 bits per heavy atom. The number of carbonyl (C=O) groups excluding carboxylic acids is 1. The quantitative estimate of drug-likeness (QED) is 0.769. The summed E-state index contributed by atoms with van der Waals surface area (Å²) < 4.78 is 1.24. The number of nitrogens with zero attached hydrogens (tertiary/aromatic N) is 3. The van der Waals surface area contributed by atoms with Crippen molar-refractivity contribution in [2.75, 3.05) is 42.9 Å². The smallest absolute Gasteiger partial charge is 0.238 e. The van der Waals surface area contributed by atoms with Crippen molar-refractivity contribution in [2.45, 2.75) is 6.92 Å². The standard InChI is InChI=1S/C20H22N4OS/c1-15-6-5-9-17-19(15)22-20(26-17)24-12-10-23(11-13-24)14-18(25)21-16-7-3-2-4-8-16/h2-9H,10-14H2,1H3,(H,21,25). The lowest BCUT2D eigenvalue weighted by atomic mass is 10.2. The van der Waals surface area contributed by atoms with Gasteiger partial charge in [0.25, 0.3) is 0 Å². The first-order valence-corrected chi connectivity index (χ1v) is 9.69. The Labute approximate surface area is 157 Å². The van der Waals surface area contributed by atoms with E-state index in [2.05, 4.69) is 40.2 Å². The van der Waals surface area contributed by atoms with E-state index < -0.39 is 0 Å². The minimum Gasteiger partial charge on any atom is -0.345 e. The minimum atomic E-state index is 0.0419. The molecule has 1 aliphatic rings. The molecule has 1 amide bonds. The Hall–Kier alpha value is -2.44. The van der Waals surface area contributed by atoms with Gasteiger partial charge in [0.05, 0.1) is 16.8 Å². The summed E-state index contributed by atoms with van der Waals surface area (Å²) in [7, 11) is 0. The zero-order valence-electron chi connectivity index (χ0n) is 14.8. The van der Waals surface area contributed by atoms with E-state index in [0.717, 1.165) is 42.5 Å². The number of hydrogen-bond donors (Lipinski definition) is 1. The number of rotatable bonds is 4. The molecule has 0 saturated carbocycles. The fraction of sp³-hybridized carbons (Fsp3) is 0.300. The van der Waals surface area contributed by atoms with Crippen molar-refractivity contribution in [3.05, 3.63) is 54.1 Å². The zero-order valence-corrected chi connectivity index (χ0v) is 15.6. The first kappa shape index (κ1) is 17.0. The average molecular weight is 366 g/mol. The normalized spacial score (nSPS) is 15.3. The molecule has 1 aliphatic heterocycles. The molecule has 134 valence electrons. The third kappa shape index (κ3) is 3.71. The molecule has 0 radical (unpaired) electrons. The van der Waals surface area contributed by atoms with E-state index in [1.807, 2.05) is 30.3 Å². The van der Waals surface area contributed by atoms with Crippen molar-refractivity contribution >= 4 is 38.3 Å². The van der Waals surface area contributed by atoms with Crippen LogP contribution in [0.3, 0.4) is 0 Å². The number of anilines is 2. The molecule has 5 nitrogen and oxygen atoms in total. The summed E-state index contributed by atoms with van der Waals surface area (Å²) in [5, 5.41) is 4.04. The second kappa shape index (κ2) is 7.43. The molecule has 1 fully saturated rings. The van der Waals surface area contributed by atoms with Gasteiger partial charge in [0.15, 0.2) is 5.13 Å². The SMILES string of the molecule is Cc1cccc2sc(N3CCN(CC(=O)Nc4ccccc4)CC3)nc12. The molecule has 1 aromatic heterocycles. The number of thiazole rings is 1. The van der Waals surface area contributed by atoms with Gasteiger partial charge in [0.1, 0.15) is 0 Å². The highest BCUT2D eigenvalue weighted by Crippen LogP contribution is 2.30. The molecule has 1 N–H and O–H groups in total. The Morgan fingerprint density at radius 3 is 2.58 bits per heavy atom. The van der Waals surface area contributed by atoms with Gasteiger partial charge in [-0.25, -0.2) is 4.98 Å². The van der Waals surface area contributed by atoms with Crippen LogP contribution in [-0.4, -0.2) is 48.5 Å². The first-order valence-electron chi connectivity index (χ1n) is 8.87. The molecule has 4 rings (SSSR count). The van der Waals surface area contributed by atoms with Crippen molar-refractivity contribution in [3.63, 3.8) is 0 Å². The van der Waals surface area contributed by atoms with E-state index in [1.165, 1.54) is 10.3 Å². The van der Waals surface area contributed by atoms with Gasteiger partial charge in [-0.2, -0.15) is 0 Å². The molecule has 0 unspecified atom stereocenters. The topological polar surface area (TPSA) is 48.5 Å². The van der Waals surface area contributed by atoms with Gasteiger partial charge in [0.2, 0.25) is 5.91 Å². The summed E-state index contributed by atoms with van der Waals surface area (Å²) in [5.41, 5.74) is 3.18. The van der Waals surface area contributed by atoms with Gasteiger partial charge in [-0.1, -0.05) is 41.7 Å². The largest absolute Gasteiger partial charge is 0.345 e. The maximum absolute atomic E-state index is 12.2. The molecule has 0 aliphatic carbocycles. The maximum Gasteiger partial charge on any atom is 0.238 e. The van der Waals surface area contributed by atoms with E-state index in [4.69, 9.17) is 4.98 Å². The van der Waals surface area contributed by atoms with Crippen LogP contribution in [0.15, 0.2) is 48.5 Å². The fourth-order valence-electron chi connectivity index (χ4n) is 3.23. The Kier molecular flexibility index (Phi) is 4.86. The lowest BCUT2D eigenvalue weighted by Crippen LogP contribution is -2.48. The molecule has 0 atom stereocenters. The number of carbonyl (C=O) groups is 1. The van der Waals surface area contributed by atoms with Crippen molar-refractivity contribution in [2.24, 2.45) is 0 Å². The van der Waals surface area contributed by atoms with Crippen LogP contribution in [0.5, 0.6) is 0 Å². The molecular weight excluding hydrogens is 344 g/mol. The molecule has 2 aromatic carbocycles. The third-order valence-electron chi connectivity index (χ3n) is 4.68. The molecule has 0 spiro atoms. The van der Waals surface area contributed by atoms with Crippen molar-refractivity contribution in [1.29, 1.82) is 0 Å². The van der Waals surface area contributed by atoms with Crippen LogP contribution in [0.25, 0.3) is 10.2 Å². The number of aromatic nitrogens is 1. The van der Waals surface area contributed by atoms with Crippen LogP contribution >= 0.6 is 11.3 Å². The predicted molar refractivity (Wildman–Crippen MR) is 108 cm³/mol. The number of amides is 1. The van der Waals surface area contributed by atoms with Crippen LogP contribution in [0.4, 0.5) is 10.8 Å². The summed E-state index contributed by atoms with van der Waals surface area (Å²) >= 11 is 1.75. The van der Waals surface area contributed by atoms with Gasteiger partial charge in [-0.3, -0.25) is 9.69 Å². The fourth-order valence-corrected chi connectivity index (χ4v) is 4.33. The number of fused-ring (bicyclic) bond motifs is 1. The number of para-hydroxylation sites is 2. The first-order chi connectivity index (χ1) is 12.7. The number of benzene rings is 2. The van der Waals surface area contributed by atoms with Crippen LogP contribution in [0.1, 0.15) is 5.56 Å². The summed E-state index contributed by atoms with van der Waals surface area (Å²) in [6, 6.07) is 15.9. The Bertz CT molecular complexity index is 901. The van der Waals surface area contributed by atoms with Gasteiger partial charge in [0, 0.05) is 31.9 Å². The minimum absolute atomic E-state index is 0.0419. The highest BCUT2D eigenvalue weighted by molar-refractivity contribution is 7.22. The second-order valence-corrected chi connectivity index (χ2v) is 7.60. The third-order valence-corrected chi connectivity index (χ3v) is 5.76. The molecular formula is C20H22N4OS. The number of aryl methyl sites for hydroxylation is 1. The lowest BCUT2D eigenvalue weighted by Gasteiger charge is -2.34. The molecule has 6 heteroatoms. The van der Waals surface area contributed by atoms with E-state index in [9.17, 15) is 4.79 Å². The number of hydrogen-bond acceptors (Lipinski definition) is 5. The van der Waals surface area contributed by atoms with Crippen LogP contribution in [-0.2, 0) is 4.79 Å². The summed E-state index contributed by atoms with van der Waals surface area (Å²) in [6.07, 6.45) is 0. The highest BCUT2D eigenvalue weighted by Gasteiger charge is 2.21. The maximum atomic E-state index is 12.2. The average Bonchev–Trinajstić information content (AvgIpc) is 3.09. The number of nitrogens with one attached hydrogen (secondary N) is 1. The summed E-state index contributed by atoms with van der Waals surface area (Å²) in [4.78, 5) is 21.6. The van der Waals surface area contributed by atoms with Crippen LogP contribution < -0.4 is 10.2 Å². The Morgan fingerprint density at radius 1 is 1.08 bits per heavy atom.